The Balaban J connectivity index is 1.31. The minimum atomic E-state index is -5.16. The Morgan fingerprint density at radius 2 is 1.40 bits per heavy atom. The molecule has 2 aromatic heterocycles. The first kappa shape index (κ1) is 33.7. The second-order valence-electron chi connectivity index (χ2n) is 10.6. The van der Waals surface area contributed by atoms with E-state index in [1.165, 1.54) is 65.8 Å². The van der Waals surface area contributed by atoms with E-state index in [1.54, 1.807) is 0 Å². The fourth-order valence-electron chi connectivity index (χ4n) is 4.68. The lowest BCUT2D eigenvalue weighted by atomic mass is 10.1. The summed E-state index contributed by atoms with van der Waals surface area (Å²) in [4.78, 5) is 37.9. The van der Waals surface area contributed by atoms with Crippen molar-refractivity contribution in [3.05, 3.63) is 72.3 Å². The van der Waals surface area contributed by atoms with Gasteiger partial charge in [0.2, 0.25) is 0 Å². The minimum absolute atomic E-state index is 0.0133. The van der Waals surface area contributed by atoms with Crippen LogP contribution in [0.4, 0.5) is 5.82 Å². The quantitative estimate of drug-likeness (QED) is 0.0957. The molecular formula is C28H32N7O11P. The Hall–Kier alpha value is -4.68. The summed E-state index contributed by atoms with van der Waals surface area (Å²) in [5.74, 6) is -2.50. The average molecular weight is 674 g/mol. The molecule has 0 aliphatic carbocycles. The van der Waals surface area contributed by atoms with Crippen LogP contribution in [-0.2, 0) is 45.3 Å². The van der Waals surface area contributed by atoms with Crippen LogP contribution in [0.1, 0.15) is 17.4 Å². The lowest BCUT2D eigenvalue weighted by molar-refractivity contribution is -0.143. The number of nitrogens with zero attached hydrogens (tertiary/aromatic N) is 4. The standard InChI is InChI=1S/C28H32N7O11P/c29-18(9-14-1-5-16(36)6-2-14)27(40)45-47(42,46-28(41)19(30)10-15-3-7-17(37)8-4-15)43-11-20-22(38)23(39)26(44-20)35-13-34-21-24(31)32-12-33-25(21)35/h1-8,12-13,18-20,22-23,26,36-39H,9-11,29-30H2,(H2,31,32,33)/t18-,19-,20+,22+,23+,26+/m0/s1. The molecule has 6 atom stereocenters. The normalized spacial score (nSPS) is 20.9. The molecule has 1 saturated heterocycles. The van der Waals surface area contributed by atoms with Crippen molar-refractivity contribution in [1.29, 1.82) is 0 Å². The van der Waals surface area contributed by atoms with Crippen LogP contribution in [0.2, 0.25) is 0 Å². The molecule has 0 amide bonds. The summed E-state index contributed by atoms with van der Waals surface area (Å²) in [5, 5.41) is 40.5. The number of phosphoric ester groups is 1. The third-order valence-corrected chi connectivity index (χ3v) is 8.46. The monoisotopic (exact) mass is 673 g/mol. The summed E-state index contributed by atoms with van der Waals surface area (Å²) in [6, 6.07) is 8.70. The predicted molar refractivity (Wildman–Crippen MR) is 161 cm³/mol. The Labute approximate surface area is 266 Å². The maximum atomic E-state index is 13.8. The zero-order chi connectivity index (χ0) is 33.9. The number of phosphoric acid groups is 1. The van der Waals surface area contributed by atoms with Crippen LogP contribution in [-0.4, -0.2) is 88.9 Å². The molecular weight excluding hydrogens is 641 g/mol. The number of anilines is 1. The lowest BCUT2D eigenvalue weighted by Crippen LogP contribution is -2.37. The van der Waals surface area contributed by atoms with Crippen LogP contribution in [0.5, 0.6) is 11.5 Å². The van der Waals surface area contributed by atoms with E-state index in [2.05, 4.69) is 15.0 Å². The number of nitrogen functional groups attached to an aromatic ring is 1. The smallest absolute Gasteiger partial charge is 0.508 e. The van der Waals surface area contributed by atoms with Crippen LogP contribution in [0, 0.1) is 0 Å². The van der Waals surface area contributed by atoms with Crippen molar-refractivity contribution in [3.8, 4) is 11.5 Å². The summed E-state index contributed by atoms with van der Waals surface area (Å²) in [6.45, 7) is -0.809. The second kappa shape index (κ2) is 14.0. The van der Waals surface area contributed by atoms with Crippen molar-refractivity contribution < 1.29 is 52.9 Å². The maximum Gasteiger partial charge on any atom is 0.592 e. The predicted octanol–water partition coefficient (Wildman–Crippen LogP) is -0.210. The zero-order valence-electron chi connectivity index (χ0n) is 24.5. The van der Waals surface area contributed by atoms with Gasteiger partial charge in [-0.1, -0.05) is 24.3 Å². The van der Waals surface area contributed by atoms with E-state index in [9.17, 15) is 34.6 Å². The van der Waals surface area contributed by atoms with Gasteiger partial charge in [-0.15, -0.1) is 0 Å². The molecule has 0 unspecified atom stereocenters. The molecule has 1 aliphatic rings. The van der Waals surface area contributed by atoms with Crippen molar-refractivity contribution in [2.24, 2.45) is 11.5 Å². The highest BCUT2D eigenvalue weighted by Gasteiger charge is 2.47. The Kier molecular flexibility index (Phi) is 10.0. The van der Waals surface area contributed by atoms with Crippen LogP contribution in [0.3, 0.4) is 0 Å². The van der Waals surface area contributed by atoms with Crippen molar-refractivity contribution in [2.45, 2.75) is 49.5 Å². The molecule has 5 rings (SSSR count). The molecule has 18 nitrogen and oxygen atoms in total. The van der Waals surface area contributed by atoms with E-state index in [4.69, 9.17) is 35.5 Å². The van der Waals surface area contributed by atoms with Gasteiger partial charge >= 0.3 is 19.8 Å². The summed E-state index contributed by atoms with van der Waals surface area (Å²) in [6.07, 6.45) is -3.65. The van der Waals surface area contributed by atoms with Gasteiger partial charge < -0.3 is 51.4 Å². The number of rotatable bonds is 12. The molecule has 19 heteroatoms. The fourth-order valence-corrected chi connectivity index (χ4v) is 5.87. The molecule has 250 valence electrons. The number of ether oxygens (including phenoxy) is 1. The summed E-state index contributed by atoms with van der Waals surface area (Å²) in [5.41, 5.74) is 19.2. The van der Waals surface area contributed by atoms with E-state index in [0.717, 1.165) is 0 Å². The van der Waals surface area contributed by atoms with E-state index in [-0.39, 0.29) is 41.3 Å². The summed E-state index contributed by atoms with van der Waals surface area (Å²) < 4.78 is 36.2. The van der Waals surface area contributed by atoms with Gasteiger partial charge in [0.05, 0.1) is 12.9 Å². The Bertz CT molecular complexity index is 1700. The first-order valence-corrected chi connectivity index (χ1v) is 15.5. The third-order valence-electron chi connectivity index (χ3n) is 7.19. The largest absolute Gasteiger partial charge is 0.592 e. The van der Waals surface area contributed by atoms with Crippen LogP contribution in [0.15, 0.2) is 61.2 Å². The number of phenols is 2. The van der Waals surface area contributed by atoms with Crippen LogP contribution >= 0.6 is 7.82 Å². The number of aromatic hydroxyl groups is 2. The summed E-state index contributed by atoms with van der Waals surface area (Å²) in [7, 11) is -5.16. The van der Waals surface area contributed by atoms with E-state index in [1.807, 2.05) is 0 Å². The third kappa shape index (κ3) is 7.83. The van der Waals surface area contributed by atoms with Crippen molar-refractivity contribution in [1.82, 2.24) is 19.5 Å². The maximum absolute atomic E-state index is 13.8. The van der Waals surface area contributed by atoms with Gasteiger partial charge in [0.15, 0.2) is 17.7 Å². The van der Waals surface area contributed by atoms with Crippen LogP contribution in [0.25, 0.3) is 11.2 Å². The molecule has 0 radical (unpaired) electrons. The molecule has 0 bridgehead atoms. The molecule has 4 aromatic rings. The summed E-state index contributed by atoms with van der Waals surface area (Å²) >= 11 is 0. The number of benzene rings is 2. The highest BCUT2D eigenvalue weighted by Crippen LogP contribution is 2.51. The van der Waals surface area contributed by atoms with Gasteiger partial charge in [-0.25, -0.2) is 29.1 Å². The first-order chi connectivity index (χ1) is 22.3. The molecule has 0 spiro atoms. The number of aliphatic hydroxyl groups is 2. The van der Waals surface area contributed by atoms with Gasteiger partial charge in [-0.05, 0) is 48.2 Å². The van der Waals surface area contributed by atoms with Crippen LogP contribution < -0.4 is 17.2 Å². The van der Waals surface area contributed by atoms with Gasteiger partial charge in [-0.3, -0.25) is 9.09 Å². The molecule has 1 fully saturated rings. The van der Waals surface area contributed by atoms with Crippen molar-refractivity contribution in [3.63, 3.8) is 0 Å². The number of hydrogen-bond acceptors (Lipinski definition) is 17. The molecule has 0 saturated carbocycles. The number of imidazole rings is 1. The molecule has 10 N–H and O–H groups in total. The number of aliphatic hydroxyl groups excluding tert-OH is 2. The van der Waals surface area contributed by atoms with Gasteiger partial charge in [0, 0.05) is 0 Å². The number of hydrogen-bond donors (Lipinski definition) is 7. The van der Waals surface area contributed by atoms with Gasteiger partial charge in [0.1, 0.15) is 53.7 Å². The lowest BCUT2D eigenvalue weighted by Gasteiger charge is -2.22. The highest BCUT2D eigenvalue weighted by atomic mass is 31.2. The first-order valence-electron chi connectivity index (χ1n) is 14.1. The van der Waals surface area contributed by atoms with Gasteiger partial charge in [0.25, 0.3) is 0 Å². The van der Waals surface area contributed by atoms with Crippen molar-refractivity contribution in [2.75, 3.05) is 12.3 Å². The SMILES string of the molecule is Nc1ncnc2c1ncn2[C@@H]1O[C@H](COP(=O)(OC(=O)[C@@H](N)Cc2ccc(O)cc2)OC(=O)[C@@H](N)Cc2ccc(O)cc2)[C@@H](O)[C@H]1O. The number of carbonyl (C=O) groups is 2. The number of carbonyl (C=O) groups excluding carboxylic acids is 2. The van der Waals surface area contributed by atoms with E-state index >= 15 is 0 Å². The number of phenolic OH excluding ortho intramolecular Hbond substituents is 2. The molecule has 1 aliphatic heterocycles. The molecule has 47 heavy (non-hydrogen) atoms. The van der Waals surface area contributed by atoms with Gasteiger partial charge in [-0.2, -0.15) is 0 Å². The fraction of sp³-hybridized carbons (Fsp3) is 0.321. The number of nitrogens with two attached hydrogens (primary N) is 3. The number of aromatic nitrogens is 4. The highest BCUT2D eigenvalue weighted by molar-refractivity contribution is 7.49. The van der Waals surface area contributed by atoms with E-state index < -0.39 is 63.0 Å². The average Bonchev–Trinajstić information content (AvgIpc) is 3.59. The Morgan fingerprint density at radius 1 is 0.872 bits per heavy atom. The van der Waals surface area contributed by atoms with E-state index in [0.29, 0.717) is 11.1 Å². The second-order valence-corrected chi connectivity index (χ2v) is 12.2. The Morgan fingerprint density at radius 3 is 1.94 bits per heavy atom. The molecule has 2 aromatic carbocycles. The topological polar surface area (TPSA) is 291 Å². The number of fused-ring (bicyclic) bond motifs is 1. The minimum Gasteiger partial charge on any atom is -0.508 e. The zero-order valence-corrected chi connectivity index (χ0v) is 25.4. The van der Waals surface area contributed by atoms with Crippen molar-refractivity contribution >= 4 is 36.7 Å². The molecule has 3 heterocycles.